The van der Waals surface area contributed by atoms with E-state index in [0.717, 1.165) is 5.75 Å². The average molecular weight is 331 g/mol. The summed E-state index contributed by atoms with van der Waals surface area (Å²) < 4.78 is 26.7. The summed E-state index contributed by atoms with van der Waals surface area (Å²) in [4.78, 5) is 0.560. The smallest absolute Gasteiger partial charge is 0.243 e. The van der Waals surface area contributed by atoms with Crippen molar-refractivity contribution in [1.82, 2.24) is 4.31 Å². The first kappa shape index (κ1) is 15.8. The van der Waals surface area contributed by atoms with Crippen LogP contribution in [-0.2, 0) is 10.0 Å². The number of nitrogens with two attached hydrogens (primary N) is 1. The zero-order valence-corrected chi connectivity index (χ0v) is 13.9. The predicted octanol–water partition coefficient (Wildman–Crippen LogP) is 1.84. The summed E-state index contributed by atoms with van der Waals surface area (Å²) in [5.41, 5.74) is 6.19. The van der Waals surface area contributed by atoms with Crippen LogP contribution in [0.1, 0.15) is 19.4 Å². The van der Waals surface area contributed by atoms with Crippen LogP contribution in [0.15, 0.2) is 29.2 Å². The Morgan fingerprint density at radius 2 is 1.95 bits per heavy atom. The SMILES string of the molecule is CC1(C)CN(S(=O)(=O)c2ccc(C(N)=S)cc2)CCS1. The minimum absolute atomic E-state index is 0.0515. The van der Waals surface area contributed by atoms with E-state index in [1.807, 2.05) is 0 Å². The van der Waals surface area contributed by atoms with Gasteiger partial charge in [0.2, 0.25) is 10.0 Å². The van der Waals surface area contributed by atoms with Gasteiger partial charge in [-0.2, -0.15) is 16.1 Å². The van der Waals surface area contributed by atoms with Crippen LogP contribution in [0.5, 0.6) is 0 Å². The van der Waals surface area contributed by atoms with E-state index in [1.165, 1.54) is 0 Å². The summed E-state index contributed by atoms with van der Waals surface area (Å²) in [7, 11) is -3.44. The summed E-state index contributed by atoms with van der Waals surface area (Å²) in [6.45, 7) is 5.20. The lowest BCUT2D eigenvalue weighted by Crippen LogP contribution is -2.46. The van der Waals surface area contributed by atoms with Crippen LogP contribution in [0.4, 0.5) is 0 Å². The molecule has 4 nitrogen and oxygen atoms in total. The van der Waals surface area contributed by atoms with E-state index in [2.05, 4.69) is 13.8 Å². The number of thiocarbonyl (C=S) groups is 1. The monoisotopic (exact) mass is 330 g/mol. The molecule has 1 aromatic rings. The van der Waals surface area contributed by atoms with Crippen LogP contribution in [0.3, 0.4) is 0 Å². The van der Waals surface area contributed by atoms with E-state index in [9.17, 15) is 8.42 Å². The van der Waals surface area contributed by atoms with Gasteiger partial charge < -0.3 is 5.73 Å². The van der Waals surface area contributed by atoms with Gasteiger partial charge in [0.15, 0.2) is 0 Å². The van der Waals surface area contributed by atoms with Gasteiger partial charge >= 0.3 is 0 Å². The largest absolute Gasteiger partial charge is 0.389 e. The van der Waals surface area contributed by atoms with E-state index >= 15 is 0 Å². The van der Waals surface area contributed by atoms with E-state index in [1.54, 1.807) is 40.3 Å². The second-order valence-electron chi connectivity index (χ2n) is 5.34. The van der Waals surface area contributed by atoms with Crippen molar-refractivity contribution >= 4 is 39.0 Å². The Hall–Kier alpha value is -0.630. The van der Waals surface area contributed by atoms with Crippen molar-refractivity contribution < 1.29 is 8.42 Å². The molecule has 110 valence electrons. The van der Waals surface area contributed by atoms with Crippen molar-refractivity contribution in [2.75, 3.05) is 18.8 Å². The van der Waals surface area contributed by atoms with Crippen molar-refractivity contribution in [1.29, 1.82) is 0 Å². The fourth-order valence-corrected chi connectivity index (χ4v) is 5.17. The van der Waals surface area contributed by atoms with E-state index in [-0.39, 0.29) is 9.74 Å². The molecule has 0 aliphatic carbocycles. The molecule has 0 atom stereocenters. The van der Waals surface area contributed by atoms with Crippen molar-refractivity contribution in [3.63, 3.8) is 0 Å². The van der Waals surface area contributed by atoms with Crippen molar-refractivity contribution in [2.45, 2.75) is 23.5 Å². The molecule has 1 aromatic carbocycles. The number of rotatable bonds is 3. The Balaban J connectivity index is 2.28. The third-order valence-electron chi connectivity index (χ3n) is 3.17. The third kappa shape index (κ3) is 3.33. The Kier molecular flexibility index (Phi) is 4.44. The molecule has 2 rings (SSSR count). The van der Waals surface area contributed by atoms with E-state index in [4.69, 9.17) is 18.0 Å². The molecular weight excluding hydrogens is 312 g/mol. The molecule has 20 heavy (non-hydrogen) atoms. The van der Waals surface area contributed by atoms with Crippen LogP contribution < -0.4 is 5.73 Å². The molecule has 1 heterocycles. The van der Waals surface area contributed by atoms with Gasteiger partial charge in [0, 0.05) is 29.2 Å². The van der Waals surface area contributed by atoms with Crippen molar-refractivity contribution in [2.24, 2.45) is 5.73 Å². The highest BCUT2D eigenvalue weighted by Gasteiger charge is 2.34. The summed E-state index contributed by atoms with van der Waals surface area (Å²) in [5, 5.41) is 0. The summed E-state index contributed by atoms with van der Waals surface area (Å²) in [6, 6.07) is 6.44. The second kappa shape index (κ2) is 5.63. The lowest BCUT2D eigenvalue weighted by molar-refractivity contribution is 0.387. The minimum atomic E-state index is -3.44. The zero-order chi connectivity index (χ0) is 15.0. The van der Waals surface area contributed by atoms with Gasteiger partial charge in [-0.05, 0) is 26.0 Å². The summed E-state index contributed by atoms with van der Waals surface area (Å²) in [6.07, 6.45) is 0. The molecule has 0 saturated carbocycles. The van der Waals surface area contributed by atoms with Gasteiger partial charge in [-0.25, -0.2) is 8.42 Å². The van der Waals surface area contributed by atoms with E-state index < -0.39 is 10.0 Å². The predicted molar refractivity (Wildman–Crippen MR) is 87.6 cm³/mol. The molecule has 1 saturated heterocycles. The highest BCUT2D eigenvalue weighted by Crippen LogP contribution is 2.32. The third-order valence-corrected chi connectivity index (χ3v) is 6.56. The molecule has 0 aromatic heterocycles. The van der Waals surface area contributed by atoms with Gasteiger partial charge in [-0.1, -0.05) is 24.4 Å². The van der Waals surface area contributed by atoms with Crippen LogP contribution in [0.25, 0.3) is 0 Å². The first-order valence-corrected chi connectivity index (χ1v) is 9.10. The van der Waals surface area contributed by atoms with Crippen LogP contribution >= 0.6 is 24.0 Å². The molecule has 1 fully saturated rings. The molecule has 0 bridgehead atoms. The van der Waals surface area contributed by atoms with Crippen LogP contribution in [0, 0.1) is 0 Å². The molecule has 0 radical (unpaired) electrons. The van der Waals surface area contributed by atoms with Gasteiger partial charge in [0.25, 0.3) is 0 Å². The van der Waals surface area contributed by atoms with Crippen molar-refractivity contribution in [3.8, 4) is 0 Å². The summed E-state index contributed by atoms with van der Waals surface area (Å²) >= 11 is 6.67. The molecule has 7 heteroatoms. The first-order chi connectivity index (χ1) is 9.22. The standard InChI is InChI=1S/C13H18N2O2S3/c1-13(2)9-15(7-8-19-13)20(16,17)11-5-3-10(4-6-11)12(14)18/h3-6H,7-9H2,1-2H3,(H2,14,18). The molecular formula is C13H18N2O2S3. The Bertz CT molecular complexity index is 609. The molecule has 2 N–H and O–H groups in total. The highest BCUT2D eigenvalue weighted by atomic mass is 32.2. The normalized spacial score (nSPS) is 19.7. The van der Waals surface area contributed by atoms with Gasteiger partial charge in [-0.3, -0.25) is 0 Å². The molecule has 1 aliphatic heterocycles. The molecule has 0 unspecified atom stereocenters. The van der Waals surface area contributed by atoms with Crippen molar-refractivity contribution in [3.05, 3.63) is 29.8 Å². The van der Waals surface area contributed by atoms with Gasteiger partial charge in [0.05, 0.1) is 4.90 Å². The number of sulfonamides is 1. The minimum Gasteiger partial charge on any atom is -0.389 e. The maximum absolute atomic E-state index is 12.6. The maximum Gasteiger partial charge on any atom is 0.243 e. The zero-order valence-electron chi connectivity index (χ0n) is 11.5. The average Bonchev–Trinajstić information content (AvgIpc) is 2.37. The molecule has 0 spiro atoms. The molecule has 1 aliphatic rings. The first-order valence-electron chi connectivity index (χ1n) is 6.26. The fourth-order valence-electron chi connectivity index (χ4n) is 2.12. The maximum atomic E-state index is 12.6. The number of hydrogen-bond acceptors (Lipinski definition) is 4. The Labute approximate surface area is 129 Å². The number of nitrogens with zero attached hydrogens (tertiary/aromatic N) is 1. The quantitative estimate of drug-likeness (QED) is 0.857. The Morgan fingerprint density at radius 3 is 2.45 bits per heavy atom. The summed E-state index contributed by atoms with van der Waals surface area (Å²) in [5.74, 6) is 0.817. The van der Waals surface area contributed by atoms with Gasteiger partial charge in [-0.15, -0.1) is 0 Å². The van der Waals surface area contributed by atoms with Crippen LogP contribution in [0.2, 0.25) is 0 Å². The van der Waals surface area contributed by atoms with E-state index in [0.29, 0.717) is 23.5 Å². The number of thioether (sulfide) groups is 1. The van der Waals surface area contributed by atoms with Crippen LogP contribution in [-0.4, -0.2) is 41.3 Å². The number of hydrogen-bond donors (Lipinski definition) is 1. The lowest BCUT2D eigenvalue weighted by Gasteiger charge is -2.36. The highest BCUT2D eigenvalue weighted by molar-refractivity contribution is 8.00. The Morgan fingerprint density at radius 1 is 1.35 bits per heavy atom. The molecule has 0 amide bonds. The van der Waals surface area contributed by atoms with Gasteiger partial charge in [0.1, 0.15) is 4.99 Å². The number of benzene rings is 1. The lowest BCUT2D eigenvalue weighted by atomic mass is 10.2. The topological polar surface area (TPSA) is 63.4 Å². The fraction of sp³-hybridized carbons (Fsp3) is 0.462. The second-order valence-corrected chi connectivity index (χ2v) is 9.52.